The first-order valence-electron chi connectivity index (χ1n) is 20.6. The molecule has 2 nitrogen and oxygen atoms in total. The molecule has 0 N–H and O–H groups in total. The number of hydrogen-bond acceptors (Lipinski definition) is 2. The molecule has 0 aromatic carbocycles. The summed E-state index contributed by atoms with van der Waals surface area (Å²) in [6.07, 6.45) is 49.4. The summed E-state index contributed by atoms with van der Waals surface area (Å²) in [5, 5.41) is 0. The molecule has 0 aliphatic rings. The second kappa shape index (κ2) is 38.4. The van der Waals surface area contributed by atoms with Gasteiger partial charge >= 0.3 is 5.97 Å². The fourth-order valence-electron chi connectivity index (χ4n) is 6.42. The van der Waals surface area contributed by atoms with Crippen molar-refractivity contribution in [2.45, 2.75) is 239 Å². The summed E-state index contributed by atoms with van der Waals surface area (Å²) in [5.41, 5.74) is 0. The van der Waals surface area contributed by atoms with Crippen LogP contribution in [0.25, 0.3) is 0 Å². The highest BCUT2D eigenvalue weighted by atomic mass is 16.5. The fraction of sp³-hybridized carbons (Fsp3) is 0.929. The van der Waals surface area contributed by atoms with Crippen LogP contribution in [0.2, 0.25) is 0 Å². The summed E-state index contributed by atoms with van der Waals surface area (Å²) in [5.74, 6) is 0.235. The van der Waals surface area contributed by atoms with Gasteiger partial charge in [-0.25, -0.2) is 0 Å². The average Bonchev–Trinajstić information content (AvgIpc) is 3.03. The van der Waals surface area contributed by atoms with E-state index in [0.29, 0.717) is 6.61 Å². The molecule has 0 amide bonds. The summed E-state index contributed by atoms with van der Waals surface area (Å²) in [7, 11) is 0. The second-order valence-corrected chi connectivity index (χ2v) is 14.0. The van der Waals surface area contributed by atoms with Gasteiger partial charge in [-0.3, -0.25) is 4.79 Å². The topological polar surface area (TPSA) is 26.3 Å². The van der Waals surface area contributed by atoms with Crippen molar-refractivity contribution in [1.29, 1.82) is 0 Å². The third kappa shape index (κ3) is 34.1. The number of allylic oxidation sites excluding steroid dienone is 2. The SMILES string of the molecule is CCCCCCCC/C=C\CCCCCCC(CCCCCCCCCCCC)C(=O)OCCCCCCCCCCCC. The van der Waals surface area contributed by atoms with E-state index in [2.05, 4.69) is 32.9 Å². The summed E-state index contributed by atoms with van der Waals surface area (Å²) in [4.78, 5) is 13.0. The van der Waals surface area contributed by atoms with Crippen molar-refractivity contribution in [2.75, 3.05) is 6.61 Å². The monoisotopic (exact) mass is 619 g/mol. The molecule has 0 radical (unpaired) electrons. The van der Waals surface area contributed by atoms with Crippen molar-refractivity contribution < 1.29 is 9.53 Å². The Kier molecular flexibility index (Phi) is 37.7. The van der Waals surface area contributed by atoms with E-state index in [4.69, 9.17) is 4.74 Å². The molecule has 0 heterocycles. The van der Waals surface area contributed by atoms with Gasteiger partial charge in [0.1, 0.15) is 0 Å². The van der Waals surface area contributed by atoms with Crippen LogP contribution in [0.3, 0.4) is 0 Å². The minimum atomic E-state index is 0.106. The molecule has 0 aromatic heterocycles. The molecule has 0 fully saturated rings. The highest BCUT2D eigenvalue weighted by molar-refractivity contribution is 5.72. The van der Waals surface area contributed by atoms with Crippen LogP contribution in [0.15, 0.2) is 12.2 Å². The molecule has 1 unspecified atom stereocenters. The van der Waals surface area contributed by atoms with Crippen LogP contribution in [-0.2, 0) is 9.53 Å². The first kappa shape index (κ1) is 43.2. The van der Waals surface area contributed by atoms with Gasteiger partial charge in [0.15, 0.2) is 0 Å². The lowest BCUT2D eigenvalue weighted by molar-refractivity contribution is -0.149. The van der Waals surface area contributed by atoms with Crippen LogP contribution in [0, 0.1) is 5.92 Å². The maximum Gasteiger partial charge on any atom is 0.308 e. The zero-order valence-corrected chi connectivity index (χ0v) is 30.8. The highest BCUT2D eigenvalue weighted by Crippen LogP contribution is 2.21. The van der Waals surface area contributed by atoms with Crippen molar-refractivity contribution in [3.8, 4) is 0 Å². The van der Waals surface area contributed by atoms with Crippen LogP contribution in [0.4, 0.5) is 0 Å². The van der Waals surface area contributed by atoms with E-state index in [1.807, 2.05) is 0 Å². The van der Waals surface area contributed by atoms with Crippen molar-refractivity contribution in [3.05, 3.63) is 12.2 Å². The van der Waals surface area contributed by atoms with Crippen LogP contribution >= 0.6 is 0 Å². The predicted molar refractivity (Wildman–Crippen MR) is 198 cm³/mol. The van der Waals surface area contributed by atoms with E-state index < -0.39 is 0 Å². The van der Waals surface area contributed by atoms with Gasteiger partial charge in [0.25, 0.3) is 0 Å². The van der Waals surface area contributed by atoms with E-state index in [-0.39, 0.29) is 11.9 Å². The first-order chi connectivity index (χ1) is 21.8. The summed E-state index contributed by atoms with van der Waals surface area (Å²) >= 11 is 0. The van der Waals surface area contributed by atoms with Crippen molar-refractivity contribution in [2.24, 2.45) is 5.92 Å². The Balaban J connectivity index is 4.10. The Labute approximate surface area is 278 Å². The minimum Gasteiger partial charge on any atom is -0.465 e. The van der Waals surface area contributed by atoms with Crippen molar-refractivity contribution in [3.63, 3.8) is 0 Å². The van der Waals surface area contributed by atoms with Gasteiger partial charge in [-0.1, -0.05) is 206 Å². The maximum atomic E-state index is 13.0. The van der Waals surface area contributed by atoms with Gasteiger partial charge in [0.05, 0.1) is 12.5 Å². The third-order valence-corrected chi connectivity index (χ3v) is 9.55. The first-order valence-corrected chi connectivity index (χ1v) is 20.6. The second-order valence-electron chi connectivity index (χ2n) is 14.0. The molecule has 0 saturated heterocycles. The molecule has 0 bridgehead atoms. The van der Waals surface area contributed by atoms with Crippen LogP contribution in [0.1, 0.15) is 239 Å². The molecule has 1 atom stereocenters. The summed E-state index contributed by atoms with van der Waals surface area (Å²) in [6.45, 7) is 7.49. The van der Waals surface area contributed by atoms with E-state index in [9.17, 15) is 4.79 Å². The molecule has 44 heavy (non-hydrogen) atoms. The molecule has 0 rings (SSSR count). The third-order valence-electron chi connectivity index (χ3n) is 9.55. The average molecular weight is 619 g/mol. The Hall–Kier alpha value is -0.790. The van der Waals surface area contributed by atoms with Crippen LogP contribution in [0.5, 0.6) is 0 Å². The Bertz CT molecular complexity index is 568. The number of unbranched alkanes of at least 4 members (excludes halogenated alkanes) is 28. The van der Waals surface area contributed by atoms with Crippen molar-refractivity contribution in [1.82, 2.24) is 0 Å². The summed E-state index contributed by atoms with van der Waals surface area (Å²) in [6, 6.07) is 0. The molecule has 0 spiro atoms. The van der Waals surface area contributed by atoms with Gasteiger partial charge in [0, 0.05) is 0 Å². The van der Waals surface area contributed by atoms with E-state index >= 15 is 0 Å². The predicted octanol–water partition coefficient (Wildman–Crippen LogP) is 15.0. The standard InChI is InChI=1S/C42H82O2/c1-4-7-10-13-16-19-22-23-24-25-27-30-33-36-39-41(38-35-32-29-26-20-17-14-11-8-5-2)42(43)44-40-37-34-31-28-21-18-15-12-9-6-3/h23-24,41H,4-22,25-40H2,1-3H3/b24-23-. The van der Waals surface area contributed by atoms with E-state index in [1.165, 1.54) is 199 Å². The largest absolute Gasteiger partial charge is 0.465 e. The van der Waals surface area contributed by atoms with Crippen LogP contribution in [-0.4, -0.2) is 12.6 Å². The van der Waals surface area contributed by atoms with Gasteiger partial charge in [-0.2, -0.15) is 0 Å². The zero-order valence-electron chi connectivity index (χ0n) is 30.8. The van der Waals surface area contributed by atoms with Gasteiger partial charge < -0.3 is 4.74 Å². The molecule has 0 aliphatic carbocycles. The molecule has 0 aliphatic heterocycles. The number of hydrogen-bond donors (Lipinski definition) is 0. The number of carbonyl (C=O) groups is 1. The molecule has 262 valence electrons. The molecule has 0 aromatic rings. The minimum absolute atomic E-state index is 0.106. The lowest BCUT2D eigenvalue weighted by Crippen LogP contribution is -2.18. The zero-order chi connectivity index (χ0) is 32.0. The summed E-state index contributed by atoms with van der Waals surface area (Å²) < 4.78 is 5.84. The quantitative estimate of drug-likeness (QED) is 0.0393. The lowest BCUT2D eigenvalue weighted by Gasteiger charge is -2.16. The maximum absolute atomic E-state index is 13.0. The molecule has 2 heteroatoms. The van der Waals surface area contributed by atoms with E-state index in [0.717, 1.165) is 19.3 Å². The van der Waals surface area contributed by atoms with Crippen LogP contribution < -0.4 is 0 Å². The van der Waals surface area contributed by atoms with Gasteiger partial charge in [0.2, 0.25) is 0 Å². The van der Waals surface area contributed by atoms with Gasteiger partial charge in [-0.05, 0) is 44.9 Å². The van der Waals surface area contributed by atoms with Crippen molar-refractivity contribution >= 4 is 5.97 Å². The number of rotatable bonds is 37. The Morgan fingerprint density at radius 3 is 1.07 bits per heavy atom. The normalized spacial score (nSPS) is 12.3. The van der Waals surface area contributed by atoms with Gasteiger partial charge in [-0.15, -0.1) is 0 Å². The fourth-order valence-corrected chi connectivity index (χ4v) is 6.42. The Morgan fingerprint density at radius 2 is 0.705 bits per heavy atom. The molecular weight excluding hydrogens is 536 g/mol. The highest BCUT2D eigenvalue weighted by Gasteiger charge is 2.19. The molecule has 0 saturated carbocycles. The smallest absolute Gasteiger partial charge is 0.308 e. The number of ether oxygens (including phenoxy) is 1. The lowest BCUT2D eigenvalue weighted by atomic mass is 9.94. The van der Waals surface area contributed by atoms with E-state index in [1.54, 1.807) is 0 Å². The molecular formula is C42H82O2. The number of carbonyl (C=O) groups excluding carboxylic acids is 1. The Morgan fingerprint density at radius 1 is 0.409 bits per heavy atom. The number of esters is 1.